The summed E-state index contributed by atoms with van der Waals surface area (Å²) in [5.74, 6) is 0.789. The summed E-state index contributed by atoms with van der Waals surface area (Å²) in [5, 5.41) is 0. The van der Waals surface area contributed by atoms with Gasteiger partial charge in [-0.05, 0) is 24.6 Å². The Bertz CT molecular complexity index is 347. The van der Waals surface area contributed by atoms with E-state index in [2.05, 4.69) is 6.58 Å². The molecule has 1 nitrogen and oxygen atoms in total. The molecule has 0 aliphatic heterocycles. The third-order valence-electron chi connectivity index (χ3n) is 1.90. The van der Waals surface area contributed by atoms with E-state index in [9.17, 15) is 0 Å². The number of benzene rings is 1. The van der Waals surface area contributed by atoms with E-state index in [1.165, 1.54) is 0 Å². The number of hydrogen-bond donors (Lipinski definition) is 0. The maximum Gasteiger partial charge on any atom is 0.119 e. The van der Waals surface area contributed by atoms with Crippen molar-refractivity contribution < 1.29 is 4.74 Å². The van der Waals surface area contributed by atoms with Crippen LogP contribution in [0.1, 0.15) is 12.5 Å². The van der Waals surface area contributed by atoms with Crippen LogP contribution in [-0.4, -0.2) is 0 Å². The van der Waals surface area contributed by atoms with Gasteiger partial charge in [-0.3, -0.25) is 0 Å². The van der Waals surface area contributed by atoms with Gasteiger partial charge < -0.3 is 4.74 Å². The molecule has 0 spiro atoms. The Morgan fingerprint density at radius 3 is 2.67 bits per heavy atom. The van der Waals surface area contributed by atoms with Gasteiger partial charge in [-0.2, -0.15) is 0 Å². The molecule has 1 rings (SSSR count). The van der Waals surface area contributed by atoms with Gasteiger partial charge in [0.2, 0.25) is 0 Å². The minimum absolute atomic E-state index is 0.580. The second-order valence-electron chi connectivity index (χ2n) is 3.07. The van der Waals surface area contributed by atoms with Crippen molar-refractivity contribution in [3.8, 4) is 0 Å². The lowest BCUT2D eigenvalue weighted by molar-refractivity contribution is 0.211. The lowest BCUT2D eigenvalue weighted by Gasteiger charge is -2.05. The van der Waals surface area contributed by atoms with Crippen LogP contribution < -0.4 is 0 Å². The SMILES string of the molecule is C=C/C(=C\C=C/C)OCc1ccccc1. The molecule has 0 N–H and O–H groups in total. The molecule has 0 atom stereocenters. The molecule has 0 saturated heterocycles. The van der Waals surface area contributed by atoms with Crippen LogP contribution in [-0.2, 0) is 11.3 Å². The molecule has 0 saturated carbocycles. The third-order valence-corrected chi connectivity index (χ3v) is 1.90. The molecule has 15 heavy (non-hydrogen) atoms. The number of ether oxygens (including phenoxy) is 1. The van der Waals surface area contributed by atoms with Crippen LogP contribution >= 0.6 is 0 Å². The Hall–Kier alpha value is -1.76. The molecule has 0 amide bonds. The van der Waals surface area contributed by atoms with Crippen molar-refractivity contribution in [2.24, 2.45) is 0 Å². The van der Waals surface area contributed by atoms with Gasteiger partial charge in [0.1, 0.15) is 12.4 Å². The Labute approximate surface area is 91.4 Å². The molecule has 78 valence electrons. The molecule has 0 radical (unpaired) electrons. The van der Waals surface area contributed by atoms with Gasteiger partial charge in [-0.1, -0.05) is 49.1 Å². The molecule has 1 aromatic rings. The summed E-state index contributed by atoms with van der Waals surface area (Å²) >= 11 is 0. The van der Waals surface area contributed by atoms with Crippen LogP contribution in [0.5, 0.6) is 0 Å². The second kappa shape index (κ2) is 6.66. The lowest BCUT2D eigenvalue weighted by atomic mass is 10.2. The quantitative estimate of drug-likeness (QED) is 0.518. The van der Waals surface area contributed by atoms with E-state index in [1.807, 2.05) is 55.5 Å². The minimum Gasteiger partial charge on any atom is -0.489 e. The molecule has 1 aromatic carbocycles. The first kappa shape index (κ1) is 11.3. The smallest absolute Gasteiger partial charge is 0.119 e. The van der Waals surface area contributed by atoms with Crippen molar-refractivity contribution >= 4 is 0 Å². The van der Waals surface area contributed by atoms with Crippen LogP contribution in [0.25, 0.3) is 0 Å². The highest BCUT2D eigenvalue weighted by Gasteiger charge is 1.93. The van der Waals surface area contributed by atoms with Crippen LogP contribution in [0.15, 0.2) is 67.0 Å². The van der Waals surface area contributed by atoms with Gasteiger partial charge in [0.15, 0.2) is 0 Å². The molecule has 0 aliphatic carbocycles. The molecule has 0 bridgehead atoms. The van der Waals surface area contributed by atoms with E-state index in [0.29, 0.717) is 6.61 Å². The monoisotopic (exact) mass is 200 g/mol. The van der Waals surface area contributed by atoms with E-state index < -0.39 is 0 Å². The van der Waals surface area contributed by atoms with Gasteiger partial charge in [0.25, 0.3) is 0 Å². The first-order chi connectivity index (χ1) is 7.36. The number of rotatable bonds is 5. The van der Waals surface area contributed by atoms with E-state index >= 15 is 0 Å². The molecule has 0 fully saturated rings. The van der Waals surface area contributed by atoms with Crippen molar-refractivity contribution in [1.82, 2.24) is 0 Å². The predicted molar refractivity (Wildman–Crippen MR) is 64.3 cm³/mol. The maximum atomic E-state index is 5.57. The highest BCUT2D eigenvalue weighted by molar-refractivity contribution is 5.18. The fourth-order valence-electron chi connectivity index (χ4n) is 1.11. The van der Waals surface area contributed by atoms with E-state index in [4.69, 9.17) is 4.74 Å². The van der Waals surface area contributed by atoms with E-state index in [1.54, 1.807) is 6.08 Å². The van der Waals surface area contributed by atoms with Gasteiger partial charge in [-0.25, -0.2) is 0 Å². The van der Waals surface area contributed by atoms with Crippen LogP contribution in [0.2, 0.25) is 0 Å². The second-order valence-corrected chi connectivity index (χ2v) is 3.07. The highest BCUT2D eigenvalue weighted by atomic mass is 16.5. The first-order valence-corrected chi connectivity index (χ1v) is 4.99. The van der Waals surface area contributed by atoms with Crippen LogP contribution in [0.4, 0.5) is 0 Å². The topological polar surface area (TPSA) is 9.23 Å². The predicted octanol–water partition coefficient (Wildman–Crippen LogP) is 3.85. The normalized spacial score (nSPS) is 11.7. The van der Waals surface area contributed by atoms with Gasteiger partial charge in [0, 0.05) is 0 Å². The first-order valence-electron chi connectivity index (χ1n) is 4.99. The van der Waals surface area contributed by atoms with E-state index in [-0.39, 0.29) is 0 Å². The fourth-order valence-corrected chi connectivity index (χ4v) is 1.11. The van der Waals surface area contributed by atoms with Gasteiger partial charge in [0.05, 0.1) is 0 Å². The van der Waals surface area contributed by atoms with Crippen LogP contribution in [0.3, 0.4) is 0 Å². The Morgan fingerprint density at radius 1 is 1.33 bits per heavy atom. The number of hydrogen-bond acceptors (Lipinski definition) is 1. The molecule has 1 heteroatoms. The Balaban J connectivity index is 2.52. The average Bonchev–Trinajstić information content (AvgIpc) is 2.31. The Kier molecular flexibility index (Phi) is 5.02. The average molecular weight is 200 g/mol. The Morgan fingerprint density at radius 2 is 2.07 bits per heavy atom. The fraction of sp³-hybridized carbons (Fsp3) is 0.143. The summed E-state index contributed by atoms with van der Waals surface area (Å²) in [7, 11) is 0. The van der Waals surface area contributed by atoms with E-state index in [0.717, 1.165) is 11.3 Å². The van der Waals surface area contributed by atoms with Crippen molar-refractivity contribution in [1.29, 1.82) is 0 Å². The van der Waals surface area contributed by atoms with Crippen molar-refractivity contribution in [3.63, 3.8) is 0 Å². The summed E-state index contributed by atoms with van der Waals surface area (Å²) in [6, 6.07) is 10.1. The summed E-state index contributed by atoms with van der Waals surface area (Å²) in [5.41, 5.74) is 1.16. The van der Waals surface area contributed by atoms with Crippen LogP contribution in [0, 0.1) is 0 Å². The highest BCUT2D eigenvalue weighted by Crippen LogP contribution is 2.06. The molecule has 0 unspecified atom stereocenters. The van der Waals surface area contributed by atoms with Crippen molar-refractivity contribution in [3.05, 3.63) is 72.5 Å². The summed E-state index contributed by atoms with van der Waals surface area (Å²) in [6.45, 7) is 6.25. The summed E-state index contributed by atoms with van der Waals surface area (Å²) in [6.07, 6.45) is 7.50. The van der Waals surface area contributed by atoms with Crippen molar-refractivity contribution in [2.45, 2.75) is 13.5 Å². The molecule has 0 heterocycles. The lowest BCUT2D eigenvalue weighted by Crippen LogP contribution is -1.90. The standard InChI is InChI=1S/C14H16O/c1-3-5-11-14(4-2)15-12-13-9-7-6-8-10-13/h3-11H,2,12H2,1H3/b5-3-,14-11+. The van der Waals surface area contributed by atoms with Crippen molar-refractivity contribution in [2.75, 3.05) is 0 Å². The molecule has 0 aromatic heterocycles. The van der Waals surface area contributed by atoms with Gasteiger partial charge in [-0.15, -0.1) is 0 Å². The minimum atomic E-state index is 0.580. The summed E-state index contributed by atoms with van der Waals surface area (Å²) < 4.78 is 5.57. The molecular weight excluding hydrogens is 184 g/mol. The van der Waals surface area contributed by atoms with Gasteiger partial charge >= 0.3 is 0 Å². The molecule has 0 aliphatic rings. The maximum absolute atomic E-state index is 5.57. The zero-order valence-electron chi connectivity index (χ0n) is 9.02. The third kappa shape index (κ3) is 4.32. The summed E-state index contributed by atoms with van der Waals surface area (Å²) in [4.78, 5) is 0. The zero-order chi connectivity index (χ0) is 10.9. The zero-order valence-corrected chi connectivity index (χ0v) is 9.02. The number of allylic oxidation sites excluding steroid dienone is 4. The molecular formula is C14H16O. The largest absolute Gasteiger partial charge is 0.489 e.